The van der Waals surface area contributed by atoms with E-state index in [1.54, 1.807) is 0 Å². The van der Waals surface area contributed by atoms with Crippen LogP contribution in [0.4, 0.5) is 5.69 Å². The fraction of sp³-hybridized carbons (Fsp3) is 0.391. The molecule has 1 aliphatic heterocycles. The van der Waals surface area contributed by atoms with Crippen LogP contribution in [0.1, 0.15) is 37.3 Å². The van der Waals surface area contributed by atoms with Gasteiger partial charge in [0.2, 0.25) is 5.91 Å². The van der Waals surface area contributed by atoms with Crippen LogP contribution in [0.2, 0.25) is 0 Å². The number of fused-ring (bicyclic) bond motifs is 2. The molecule has 172 valence electrons. The van der Waals surface area contributed by atoms with Gasteiger partial charge < -0.3 is 19.2 Å². The molecule has 1 N–H and O–H groups in total. The topological polar surface area (TPSA) is 126 Å². The zero-order chi connectivity index (χ0) is 22.9. The van der Waals surface area contributed by atoms with Crippen molar-refractivity contribution in [3.63, 3.8) is 0 Å². The highest BCUT2D eigenvalue weighted by Crippen LogP contribution is 2.43. The molecule has 33 heavy (non-hydrogen) atoms. The van der Waals surface area contributed by atoms with Gasteiger partial charge in [0.15, 0.2) is 17.1 Å². The number of aromatic nitrogens is 1. The summed E-state index contributed by atoms with van der Waals surface area (Å²) in [7, 11) is 0. The summed E-state index contributed by atoms with van der Waals surface area (Å²) in [6, 6.07) is 9.74. The van der Waals surface area contributed by atoms with Crippen LogP contribution in [-0.2, 0) is 11.3 Å². The van der Waals surface area contributed by atoms with Crippen molar-refractivity contribution in [1.29, 1.82) is 0 Å². The fourth-order valence-electron chi connectivity index (χ4n) is 4.18. The highest BCUT2D eigenvalue weighted by atomic mass is 16.6. The lowest BCUT2D eigenvalue weighted by molar-refractivity contribution is -0.384. The Morgan fingerprint density at radius 3 is 2.70 bits per heavy atom. The zero-order valence-corrected chi connectivity index (χ0v) is 17.8. The summed E-state index contributed by atoms with van der Waals surface area (Å²) in [6.07, 6.45) is 2.78. The summed E-state index contributed by atoms with van der Waals surface area (Å²) in [5.41, 5.74) is 1.48. The van der Waals surface area contributed by atoms with E-state index in [-0.39, 0.29) is 36.2 Å². The molecule has 2 aliphatic rings. The number of carbonyl (C=O) groups excluding carboxylic acids is 1. The Kier molecular flexibility index (Phi) is 5.49. The smallest absolute Gasteiger partial charge is 0.419 e. The number of rotatable bonds is 8. The number of nitrogens with one attached hydrogen (secondary N) is 1. The van der Waals surface area contributed by atoms with Gasteiger partial charge in [0.25, 0.3) is 5.69 Å². The second-order valence-corrected chi connectivity index (χ2v) is 8.32. The first kappa shape index (κ1) is 21.0. The molecule has 2 heterocycles. The van der Waals surface area contributed by atoms with Crippen LogP contribution < -0.4 is 20.5 Å². The molecule has 10 nitrogen and oxygen atoms in total. The van der Waals surface area contributed by atoms with Crippen LogP contribution in [-0.4, -0.2) is 28.6 Å². The van der Waals surface area contributed by atoms with Gasteiger partial charge in [0.05, 0.1) is 22.5 Å². The lowest BCUT2D eigenvalue weighted by Crippen LogP contribution is -2.30. The monoisotopic (exact) mass is 453 g/mol. The molecule has 10 heteroatoms. The van der Waals surface area contributed by atoms with Crippen LogP contribution in [0.3, 0.4) is 0 Å². The van der Waals surface area contributed by atoms with Gasteiger partial charge in [0.1, 0.15) is 13.2 Å². The van der Waals surface area contributed by atoms with Crippen molar-refractivity contribution < 1.29 is 23.6 Å². The van der Waals surface area contributed by atoms with E-state index in [1.807, 2.05) is 18.2 Å². The third kappa shape index (κ3) is 4.41. The molecule has 3 aromatic rings. The molecule has 1 amide bonds. The Morgan fingerprint density at radius 1 is 1.15 bits per heavy atom. The first-order valence-electron chi connectivity index (χ1n) is 11.0. The Balaban J connectivity index is 1.23. The minimum Gasteiger partial charge on any atom is -0.486 e. The van der Waals surface area contributed by atoms with Crippen molar-refractivity contribution in [2.75, 3.05) is 13.2 Å². The fourth-order valence-corrected chi connectivity index (χ4v) is 4.18. The molecular weight excluding hydrogens is 430 g/mol. The first-order chi connectivity index (χ1) is 16.0. The summed E-state index contributed by atoms with van der Waals surface area (Å²) >= 11 is 0. The lowest BCUT2D eigenvalue weighted by Gasteiger charge is -2.23. The minimum absolute atomic E-state index is 0.0913. The maximum absolute atomic E-state index is 12.7. The number of ether oxygens (including phenoxy) is 2. The van der Waals surface area contributed by atoms with E-state index < -0.39 is 10.7 Å². The number of amides is 1. The molecule has 0 saturated heterocycles. The number of non-ortho nitro benzene ring substituents is 1. The van der Waals surface area contributed by atoms with Crippen molar-refractivity contribution in [2.24, 2.45) is 5.92 Å². The minimum atomic E-state index is -0.599. The van der Waals surface area contributed by atoms with Crippen LogP contribution >= 0.6 is 0 Å². The van der Waals surface area contributed by atoms with Crippen molar-refractivity contribution >= 4 is 22.7 Å². The molecule has 1 saturated carbocycles. The molecular formula is C23H23N3O7. The van der Waals surface area contributed by atoms with Crippen LogP contribution in [0, 0.1) is 16.0 Å². The highest BCUT2D eigenvalue weighted by Gasteiger charge is 2.34. The predicted molar refractivity (Wildman–Crippen MR) is 117 cm³/mol. The van der Waals surface area contributed by atoms with E-state index in [1.165, 1.54) is 22.8 Å². The number of carbonyl (C=O) groups is 1. The molecule has 5 rings (SSSR count). The van der Waals surface area contributed by atoms with E-state index in [9.17, 15) is 19.7 Å². The van der Waals surface area contributed by atoms with Gasteiger partial charge in [-0.15, -0.1) is 0 Å². The molecule has 1 unspecified atom stereocenters. The third-order valence-electron chi connectivity index (χ3n) is 5.98. The largest absolute Gasteiger partial charge is 0.486 e. The molecule has 1 aromatic heterocycles. The van der Waals surface area contributed by atoms with Gasteiger partial charge in [-0.2, -0.15) is 0 Å². The van der Waals surface area contributed by atoms with E-state index in [0.29, 0.717) is 42.6 Å². The van der Waals surface area contributed by atoms with Crippen LogP contribution in [0.25, 0.3) is 11.1 Å². The van der Waals surface area contributed by atoms with E-state index in [0.717, 1.165) is 18.4 Å². The van der Waals surface area contributed by atoms with Crippen molar-refractivity contribution in [3.8, 4) is 11.5 Å². The van der Waals surface area contributed by atoms with Crippen molar-refractivity contribution in [2.45, 2.75) is 38.3 Å². The van der Waals surface area contributed by atoms with E-state index in [2.05, 4.69) is 5.32 Å². The first-order valence-corrected chi connectivity index (χ1v) is 11.0. The average molecular weight is 453 g/mol. The number of nitrogens with zero attached hydrogens (tertiary/aromatic N) is 2. The zero-order valence-electron chi connectivity index (χ0n) is 17.8. The number of hydrogen-bond donors (Lipinski definition) is 1. The second kappa shape index (κ2) is 8.61. The number of nitro groups is 1. The maximum atomic E-state index is 12.7. The van der Waals surface area contributed by atoms with E-state index >= 15 is 0 Å². The molecule has 1 aliphatic carbocycles. The third-order valence-corrected chi connectivity index (χ3v) is 5.98. The van der Waals surface area contributed by atoms with Gasteiger partial charge >= 0.3 is 5.76 Å². The summed E-state index contributed by atoms with van der Waals surface area (Å²) < 4.78 is 17.8. The second-order valence-electron chi connectivity index (χ2n) is 8.32. The predicted octanol–water partition coefficient (Wildman–Crippen LogP) is 3.32. The number of nitro benzene ring substituents is 1. The van der Waals surface area contributed by atoms with Gasteiger partial charge in [-0.3, -0.25) is 19.5 Å². The maximum Gasteiger partial charge on any atom is 0.419 e. The molecule has 0 radical (unpaired) electrons. The average Bonchev–Trinajstić information content (AvgIpc) is 3.60. The SMILES string of the molecule is O=C(CCCn1c(=O)oc2cc([N+](=O)[O-])ccc21)NC(c1ccc2c(c1)OCCO2)C1CC1. The van der Waals surface area contributed by atoms with Crippen LogP contribution in [0.15, 0.2) is 45.6 Å². The normalized spacial score (nSPS) is 15.9. The van der Waals surface area contributed by atoms with Gasteiger partial charge in [-0.25, -0.2) is 4.79 Å². The molecule has 2 aromatic carbocycles. The van der Waals surface area contributed by atoms with E-state index in [4.69, 9.17) is 13.9 Å². The van der Waals surface area contributed by atoms with Crippen LogP contribution in [0.5, 0.6) is 11.5 Å². The van der Waals surface area contributed by atoms with Crippen molar-refractivity contribution in [1.82, 2.24) is 9.88 Å². The lowest BCUT2D eigenvalue weighted by atomic mass is 10.0. The molecule has 0 bridgehead atoms. The van der Waals surface area contributed by atoms with Gasteiger partial charge in [0, 0.05) is 19.0 Å². The van der Waals surface area contributed by atoms with Gasteiger partial charge in [-0.1, -0.05) is 6.07 Å². The van der Waals surface area contributed by atoms with Crippen molar-refractivity contribution in [3.05, 3.63) is 62.6 Å². The summed E-state index contributed by atoms with van der Waals surface area (Å²) in [5.74, 6) is 1.11. The highest BCUT2D eigenvalue weighted by molar-refractivity contribution is 5.77. The standard InChI is InChI=1S/C23H23N3O7/c27-21(2-1-9-25-17-7-6-16(26(29)30)13-19(17)33-23(25)28)24-22(14-3-4-14)15-5-8-18-20(12-15)32-11-10-31-18/h5-8,12-14,22H,1-4,9-11H2,(H,24,27). The molecule has 0 spiro atoms. The Morgan fingerprint density at radius 2 is 1.94 bits per heavy atom. The number of aryl methyl sites for hydroxylation is 1. The number of hydrogen-bond acceptors (Lipinski definition) is 7. The molecule has 1 fully saturated rings. The quantitative estimate of drug-likeness (QED) is 0.410. The summed E-state index contributed by atoms with van der Waals surface area (Å²) in [4.78, 5) is 35.2. The number of benzene rings is 2. The number of oxazole rings is 1. The summed E-state index contributed by atoms with van der Waals surface area (Å²) in [5, 5.41) is 14.1. The Hall–Kier alpha value is -3.82. The molecule has 1 atom stereocenters. The Bertz CT molecular complexity index is 1270. The van der Waals surface area contributed by atoms with Gasteiger partial charge in [-0.05, 0) is 48.9 Å². The Labute approximate surface area is 188 Å². The summed E-state index contributed by atoms with van der Waals surface area (Å²) in [6.45, 7) is 1.31.